The van der Waals surface area contributed by atoms with E-state index in [4.69, 9.17) is 16.3 Å². The Morgan fingerprint density at radius 2 is 1.94 bits per heavy atom. The fourth-order valence-electron chi connectivity index (χ4n) is 2.70. The van der Waals surface area contributed by atoms with E-state index in [1.807, 2.05) is 0 Å². The van der Waals surface area contributed by atoms with Crippen LogP contribution in [0.2, 0.25) is 0 Å². The normalized spacial score (nSPS) is 21.2. The van der Waals surface area contributed by atoms with Gasteiger partial charge in [-0.25, -0.2) is 0 Å². The average molecular weight is 268 g/mol. The highest BCUT2D eigenvalue weighted by molar-refractivity contribution is 6.18. The number of alkyl halides is 1. The number of hydrogen-bond acceptors (Lipinski definition) is 2. The molecule has 1 fully saturated rings. The second-order valence-corrected chi connectivity index (χ2v) is 5.57. The summed E-state index contributed by atoms with van der Waals surface area (Å²) in [5.74, 6) is 0.586. The second kappa shape index (κ2) is 6.05. The van der Waals surface area contributed by atoms with Gasteiger partial charge < -0.3 is 4.74 Å². The van der Waals surface area contributed by atoms with Gasteiger partial charge in [-0.2, -0.15) is 0 Å². The van der Waals surface area contributed by atoms with Crippen LogP contribution in [0.3, 0.4) is 0 Å². The second-order valence-electron chi connectivity index (χ2n) is 5.26. The lowest BCUT2D eigenvalue weighted by atomic mass is 9.99. The third-order valence-electron chi connectivity index (χ3n) is 3.62. The van der Waals surface area contributed by atoms with Crippen molar-refractivity contribution >= 4 is 11.6 Å². The predicted octanol–water partition coefficient (Wildman–Crippen LogP) is 3.05. The third-order valence-corrected chi connectivity index (χ3v) is 3.96. The Kier molecular flexibility index (Phi) is 4.66. The van der Waals surface area contributed by atoms with E-state index in [0.29, 0.717) is 5.88 Å². The Morgan fingerprint density at radius 1 is 1.28 bits per heavy atom. The Hall–Kier alpha value is -0.570. The molecular formula is C15H22ClNO. The van der Waals surface area contributed by atoms with E-state index in [1.165, 1.54) is 22.3 Å². The molecule has 3 heteroatoms. The molecule has 0 aromatic heterocycles. The number of benzene rings is 1. The van der Waals surface area contributed by atoms with Gasteiger partial charge in [0.25, 0.3) is 0 Å². The summed E-state index contributed by atoms with van der Waals surface area (Å²) in [5, 5.41) is 0. The van der Waals surface area contributed by atoms with Crippen LogP contribution in [0.5, 0.6) is 0 Å². The van der Waals surface area contributed by atoms with Crippen molar-refractivity contribution in [2.45, 2.75) is 33.4 Å². The maximum atomic E-state index is 5.88. The highest BCUT2D eigenvalue weighted by Gasteiger charge is 2.20. The number of halogens is 1. The highest BCUT2D eigenvalue weighted by atomic mass is 35.5. The first-order valence-electron chi connectivity index (χ1n) is 6.57. The molecule has 2 nitrogen and oxygen atoms in total. The van der Waals surface area contributed by atoms with Crippen molar-refractivity contribution in [2.75, 3.05) is 25.6 Å². The molecule has 0 spiro atoms. The number of ether oxygens (including phenoxy) is 1. The monoisotopic (exact) mass is 267 g/mol. The smallest absolute Gasteiger partial charge is 0.0837 e. The number of rotatable bonds is 3. The molecule has 1 unspecified atom stereocenters. The maximum Gasteiger partial charge on any atom is 0.0837 e. The van der Waals surface area contributed by atoms with E-state index in [0.717, 1.165) is 26.2 Å². The van der Waals surface area contributed by atoms with Crippen molar-refractivity contribution in [3.8, 4) is 0 Å². The highest BCUT2D eigenvalue weighted by Crippen LogP contribution is 2.19. The molecule has 1 saturated heterocycles. The van der Waals surface area contributed by atoms with Gasteiger partial charge in [0, 0.05) is 25.5 Å². The summed E-state index contributed by atoms with van der Waals surface area (Å²) >= 11 is 5.88. The standard InChI is InChI=1S/C15H22ClNO/c1-11-6-12(2)15(13(3)7-11)10-17-4-5-18-14(8-16)9-17/h6-7,14H,4-5,8-10H2,1-3H3. The van der Waals surface area contributed by atoms with E-state index in [2.05, 4.69) is 37.8 Å². The van der Waals surface area contributed by atoms with Gasteiger partial charge in [0.05, 0.1) is 12.7 Å². The Bertz CT molecular complexity index is 396. The molecule has 1 aliphatic heterocycles. The van der Waals surface area contributed by atoms with Crippen molar-refractivity contribution in [3.63, 3.8) is 0 Å². The lowest BCUT2D eigenvalue weighted by molar-refractivity contribution is -0.0195. The topological polar surface area (TPSA) is 12.5 Å². The molecule has 0 amide bonds. The molecule has 0 N–H and O–H groups in total. The molecule has 0 aliphatic carbocycles. The summed E-state index contributed by atoms with van der Waals surface area (Å²) in [6.07, 6.45) is 0.187. The Balaban J connectivity index is 2.09. The van der Waals surface area contributed by atoms with Crippen LogP contribution in [0.1, 0.15) is 22.3 Å². The van der Waals surface area contributed by atoms with Crippen LogP contribution in [0, 0.1) is 20.8 Å². The lowest BCUT2D eigenvalue weighted by Crippen LogP contribution is -2.42. The molecule has 1 heterocycles. The number of morpholine rings is 1. The van der Waals surface area contributed by atoms with Crippen LogP contribution >= 0.6 is 11.6 Å². The van der Waals surface area contributed by atoms with Gasteiger partial charge >= 0.3 is 0 Å². The third kappa shape index (κ3) is 3.25. The van der Waals surface area contributed by atoms with Gasteiger partial charge in [0.1, 0.15) is 0 Å². The fourth-order valence-corrected chi connectivity index (χ4v) is 2.89. The SMILES string of the molecule is Cc1cc(C)c(CN2CCOC(CCl)C2)c(C)c1. The minimum absolute atomic E-state index is 0.187. The first kappa shape index (κ1) is 13.9. The molecule has 1 aromatic rings. The minimum Gasteiger partial charge on any atom is -0.374 e. The molecular weight excluding hydrogens is 246 g/mol. The number of nitrogens with zero attached hydrogens (tertiary/aromatic N) is 1. The van der Waals surface area contributed by atoms with Gasteiger partial charge in [0.2, 0.25) is 0 Å². The van der Waals surface area contributed by atoms with E-state index >= 15 is 0 Å². The molecule has 1 atom stereocenters. The minimum atomic E-state index is 0.187. The average Bonchev–Trinajstić information content (AvgIpc) is 2.34. The van der Waals surface area contributed by atoms with Crippen molar-refractivity contribution < 1.29 is 4.74 Å². The molecule has 2 rings (SSSR count). The summed E-state index contributed by atoms with van der Waals surface area (Å²) < 4.78 is 5.60. The quantitative estimate of drug-likeness (QED) is 0.781. The fraction of sp³-hybridized carbons (Fsp3) is 0.600. The maximum absolute atomic E-state index is 5.88. The van der Waals surface area contributed by atoms with Crippen LogP contribution in [0.4, 0.5) is 0 Å². The van der Waals surface area contributed by atoms with E-state index < -0.39 is 0 Å². The first-order chi connectivity index (χ1) is 8.60. The van der Waals surface area contributed by atoms with Gasteiger partial charge in [-0.1, -0.05) is 17.7 Å². The van der Waals surface area contributed by atoms with Crippen LogP contribution in [0.25, 0.3) is 0 Å². The van der Waals surface area contributed by atoms with Crippen LogP contribution in [-0.4, -0.2) is 36.6 Å². The van der Waals surface area contributed by atoms with E-state index in [9.17, 15) is 0 Å². The molecule has 100 valence electrons. The van der Waals surface area contributed by atoms with Gasteiger partial charge in [-0.15, -0.1) is 11.6 Å². The number of hydrogen-bond donors (Lipinski definition) is 0. The summed E-state index contributed by atoms with van der Waals surface area (Å²) in [6, 6.07) is 4.53. The lowest BCUT2D eigenvalue weighted by Gasteiger charge is -2.32. The van der Waals surface area contributed by atoms with Crippen LogP contribution in [0.15, 0.2) is 12.1 Å². The zero-order chi connectivity index (χ0) is 13.1. The van der Waals surface area contributed by atoms with E-state index in [1.54, 1.807) is 0 Å². The van der Waals surface area contributed by atoms with Crippen LogP contribution < -0.4 is 0 Å². The largest absolute Gasteiger partial charge is 0.374 e. The van der Waals surface area contributed by atoms with Crippen LogP contribution in [-0.2, 0) is 11.3 Å². The van der Waals surface area contributed by atoms with Gasteiger partial charge in [0.15, 0.2) is 0 Å². The first-order valence-corrected chi connectivity index (χ1v) is 7.10. The zero-order valence-electron chi connectivity index (χ0n) is 11.5. The van der Waals surface area contributed by atoms with Crippen molar-refractivity contribution in [3.05, 3.63) is 34.4 Å². The van der Waals surface area contributed by atoms with Gasteiger partial charge in [-0.05, 0) is 37.5 Å². The number of aryl methyl sites for hydroxylation is 3. The molecule has 0 radical (unpaired) electrons. The summed E-state index contributed by atoms with van der Waals surface area (Å²) in [7, 11) is 0. The summed E-state index contributed by atoms with van der Waals surface area (Å²) in [6.45, 7) is 10.3. The van der Waals surface area contributed by atoms with Crippen molar-refractivity contribution in [1.29, 1.82) is 0 Å². The summed E-state index contributed by atoms with van der Waals surface area (Å²) in [5.41, 5.74) is 5.58. The summed E-state index contributed by atoms with van der Waals surface area (Å²) in [4.78, 5) is 2.45. The molecule has 1 aromatic carbocycles. The zero-order valence-corrected chi connectivity index (χ0v) is 12.3. The predicted molar refractivity (Wildman–Crippen MR) is 76.4 cm³/mol. The molecule has 0 bridgehead atoms. The van der Waals surface area contributed by atoms with Gasteiger partial charge in [-0.3, -0.25) is 4.90 Å². The molecule has 0 saturated carbocycles. The van der Waals surface area contributed by atoms with Crippen molar-refractivity contribution in [2.24, 2.45) is 0 Å². The Labute approximate surface area is 115 Å². The van der Waals surface area contributed by atoms with Crippen molar-refractivity contribution in [1.82, 2.24) is 4.90 Å². The molecule has 18 heavy (non-hydrogen) atoms. The Morgan fingerprint density at radius 3 is 2.56 bits per heavy atom. The molecule has 1 aliphatic rings. The van der Waals surface area contributed by atoms with E-state index in [-0.39, 0.29) is 6.10 Å².